The molecule has 0 atom stereocenters. The molecule has 0 spiro atoms. The Morgan fingerprint density at radius 1 is 1.24 bits per heavy atom. The number of amides is 1. The molecule has 3 rings (SSSR count). The summed E-state index contributed by atoms with van der Waals surface area (Å²) in [5.74, 6) is 0.325. The highest BCUT2D eigenvalue weighted by atomic mass is 127. The molecule has 1 aliphatic rings. The van der Waals surface area contributed by atoms with Gasteiger partial charge >= 0.3 is 0 Å². The van der Waals surface area contributed by atoms with Crippen molar-refractivity contribution in [1.82, 2.24) is 5.16 Å². The second kappa shape index (κ2) is 6.44. The van der Waals surface area contributed by atoms with Gasteiger partial charge < -0.3 is 19.5 Å². The van der Waals surface area contributed by atoms with Gasteiger partial charge in [-0.2, -0.15) is 0 Å². The molecule has 21 heavy (non-hydrogen) atoms. The number of aromatic nitrogens is 1. The van der Waals surface area contributed by atoms with E-state index in [1.54, 1.807) is 6.07 Å². The van der Waals surface area contributed by atoms with Gasteiger partial charge in [0.2, 0.25) is 5.88 Å². The van der Waals surface area contributed by atoms with Gasteiger partial charge in [-0.15, -0.1) is 0 Å². The molecular weight excluding hydrogens is 385 g/mol. The van der Waals surface area contributed by atoms with E-state index in [0.29, 0.717) is 19.1 Å². The number of benzene rings is 1. The zero-order valence-electron chi connectivity index (χ0n) is 11.2. The predicted octanol–water partition coefficient (Wildman–Crippen LogP) is 2.37. The Kier molecular flexibility index (Phi) is 4.39. The van der Waals surface area contributed by atoms with Crippen LogP contribution in [0.1, 0.15) is 10.5 Å². The Labute approximate surface area is 135 Å². The minimum Gasteiger partial charge on any atom is -0.378 e. The highest BCUT2D eigenvalue weighted by Gasteiger charge is 2.19. The molecule has 1 aromatic carbocycles. The van der Waals surface area contributed by atoms with Gasteiger partial charge in [0.05, 0.1) is 13.2 Å². The molecule has 0 unspecified atom stereocenters. The normalized spacial score (nSPS) is 15.0. The Bertz CT molecular complexity index is 621. The first kappa shape index (κ1) is 14.3. The second-order valence-electron chi connectivity index (χ2n) is 4.61. The molecule has 0 saturated carbocycles. The van der Waals surface area contributed by atoms with Crippen molar-refractivity contribution in [2.75, 3.05) is 36.5 Å². The van der Waals surface area contributed by atoms with E-state index < -0.39 is 0 Å². The van der Waals surface area contributed by atoms with Gasteiger partial charge in [0, 0.05) is 28.4 Å². The predicted molar refractivity (Wildman–Crippen MR) is 86.6 cm³/mol. The second-order valence-corrected chi connectivity index (χ2v) is 5.86. The fourth-order valence-electron chi connectivity index (χ4n) is 2.03. The third kappa shape index (κ3) is 3.53. The fraction of sp³-hybridized carbons (Fsp3) is 0.286. The van der Waals surface area contributed by atoms with Crippen molar-refractivity contribution in [3.05, 3.63) is 39.6 Å². The average molecular weight is 399 g/mol. The van der Waals surface area contributed by atoms with Crippen LogP contribution >= 0.6 is 22.6 Å². The maximum atomic E-state index is 12.1. The van der Waals surface area contributed by atoms with Crippen molar-refractivity contribution < 1.29 is 14.1 Å². The quantitative estimate of drug-likeness (QED) is 0.803. The number of carbonyl (C=O) groups excluding carboxylic acids is 1. The molecule has 1 aromatic heterocycles. The van der Waals surface area contributed by atoms with Crippen LogP contribution in [0.3, 0.4) is 0 Å². The molecule has 1 fully saturated rings. The van der Waals surface area contributed by atoms with Gasteiger partial charge in [0.15, 0.2) is 5.69 Å². The minimum absolute atomic E-state index is 0.273. The molecular formula is C14H14IN3O3. The van der Waals surface area contributed by atoms with E-state index in [9.17, 15) is 4.79 Å². The van der Waals surface area contributed by atoms with E-state index in [1.165, 1.54) is 0 Å². The lowest BCUT2D eigenvalue weighted by atomic mass is 10.3. The van der Waals surface area contributed by atoms with Crippen LogP contribution in [-0.4, -0.2) is 37.4 Å². The van der Waals surface area contributed by atoms with Gasteiger partial charge in [-0.1, -0.05) is 5.16 Å². The van der Waals surface area contributed by atoms with Gasteiger partial charge in [-0.05, 0) is 46.9 Å². The SMILES string of the molecule is O=C(Nc1ccc(I)cc1)c1cc(N2CCOCC2)on1. The molecule has 6 nitrogen and oxygen atoms in total. The topological polar surface area (TPSA) is 67.6 Å². The summed E-state index contributed by atoms with van der Waals surface area (Å²) in [6.45, 7) is 2.80. The number of hydrogen-bond acceptors (Lipinski definition) is 5. The monoisotopic (exact) mass is 399 g/mol. The van der Waals surface area contributed by atoms with Crippen LogP contribution in [0.5, 0.6) is 0 Å². The van der Waals surface area contributed by atoms with Crippen molar-refractivity contribution in [3.63, 3.8) is 0 Å². The Morgan fingerprint density at radius 2 is 1.95 bits per heavy atom. The molecule has 1 saturated heterocycles. The highest BCUT2D eigenvalue weighted by molar-refractivity contribution is 14.1. The summed E-state index contributed by atoms with van der Waals surface area (Å²) in [4.78, 5) is 14.1. The number of morpholine rings is 1. The molecule has 2 aromatic rings. The summed E-state index contributed by atoms with van der Waals surface area (Å²) in [6, 6.07) is 9.22. The van der Waals surface area contributed by atoms with Crippen molar-refractivity contribution in [1.29, 1.82) is 0 Å². The summed E-state index contributed by atoms with van der Waals surface area (Å²) >= 11 is 2.21. The molecule has 1 aliphatic heterocycles. The van der Waals surface area contributed by atoms with Crippen LogP contribution in [0, 0.1) is 3.57 Å². The zero-order valence-corrected chi connectivity index (χ0v) is 13.4. The number of hydrogen-bond donors (Lipinski definition) is 1. The van der Waals surface area contributed by atoms with Crippen molar-refractivity contribution in [3.8, 4) is 0 Å². The van der Waals surface area contributed by atoms with Crippen LogP contribution < -0.4 is 10.2 Å². The Hall–Kier alpha value is -1.61. The van der Waals surface area contributed by atoms with E-state index in [1.807, 2.05) is 29.2 Å². The number of rotatable bonds is 3. The first-order chi connectivity index (χ1) is 10.2. The fourth-order valence-corrected chi connectivity index (χ4v) is 2.39. The lowest BCUT2D eigenvalue weighted by Gasteiger charge is -2.25. The maximum absolute atomic E-state index is 12.1. The van der Waals surface area contributed by atoms with E-state index in [4.69, 9.17) is 9.26 Å². The van der Waals surface area contributed by atoms with E-state index in [0.717, 1.165) is 22.3 Å². The lowest BCUT2D eigenvalue weighted by molar-refractivity contribution is 0.101. The number of anilines is 2. The van der Waals surface area contributed by atoms with Crippen molar-refractivity contribution in [2.45, 2.75) is 0 Å². The standard InChI is InChI=1S/C14H14IN3O3/c15-10-1-3-11(4-2-10)16-14(19)12-9-13(21-17-12)18-5-7-20-8-6-18/h1-4,9H,5-8H2,(H,16,19). The van der Waals surface area contributed by atoms with Crippen molar-refractivity contribution in [2.24, 2.45) is 0 Å². The van der Waals surface area contributed by atoms with E-state index >= 15 is 0 Å². The number of ether oxygens (including phenoxy) is 1. The average Bonchev–Trinajstić information content (AvgIpc) is 3.00. The Balaban J connectivity index is 1.67. The summed E-state index contributed by atoms with van der Waals surface area (Å²) in [5.41, 5.74) is 1.01. The number of nitrogens with zero attached hydrogens (tertiary/aromatic N) is 2. The number of halogens is 1. The van der Waals surface area contributed by atoms with Gasteiger partial charge in [-0.3, -0.25) is 4.79 Å². The molecule has 0 bridgehead atoms. The molecule has 110 valence electrons. The lowest BCUT2D eigenvalue weighted by Crippen LogP contribution is -2.35. The first-order valence-electron chi connectivity index (χ1n) is 6.59. The molecule has 7 heteroatoms. The van der Waals surface area contributed by atoms with Gasteiger partial charge in [0.25, 0.3) is 5.91 Å². The third-order valence-corrected chi connectivity index (χ3v) is 3.87. The molecule has 2 heterocycles. The molecule has 1 amide bonds. The van der Waals surface area contributed by atoms with Crippen molar-refractivity contribution >= 4 is 40.1 Å². The van der Waals surface area contributed by atoms with Crippen LogP contribution in [0.25, 0.3) is 0 Å². The minimum atomic E-state index is -0.278. The zero-order chi connectivity index (χ0) is 14.7. The highest BCUT2D eigenvalue weighted by Crippen LogP contribution is 2.18. The van der Waals surface area contributed by atoms with Crippen LogP contribution in [-0.2, 0) is 4.74 Å². The Morgan fingerprint density at radius 3 is 2.67 bits per heavy atom. The van der Waals surface area contributed by atoms with Crippen LogP contribution in [0.15, 0.2) is 34.9 Å². The molecule has 0 radical (unpaired) electrons. The van der Waals surface area contributed by atoms with E-state index in [-0.39, 0.29) is 11.6 Å². The summed E-state index contributed by atoms with van der Waals surface area (Å²) < 4.78 is 11.6. The third-order valence-electron chi connectivity index (χ3n) is 3.16. The first-order valence-corrected chi connectivity index (χ1v) is 7.66. The molecule has 0 aliphatic carbocycles. The largest absolute Gasteiger partial charge is 0.378 e. The molecule has 1 N–H and O–H groups in total. The number of nitrogens with one attached hydrogen (secondary N) is 1. The maximum Gasteiger partial charge on any atom is 0.277 e. The number of carbonyl (C=O) groups is 1. The summed E-state index contributed by atoms with van der Waals surface area (Å²) in [7, 11) is 0. The summed E-state index contributed by atoms with van der Waals surface area (Å²) in [6.07, 6.45) is 0. The smallest absolute Gasteiger partial charge is 0.277 e. The van der Waals surface area contributed by atoms with Gasteiger partial charge in [0.1, 0.15) is 0 Å². The van der Waals surface area contributed by atoms with Gasteiger partial charge in [-0.25, -0.2) is 0 Å². The van der Waals surface area contributed by atoms with Crippen LogP contribution in [0.4, 0.5) is 11.6 Å². The summed E-state index contributed by atoms with van der Waals surface area (Å²) in [5, 5.41) is 6.63. The van der Waals surface area contributed by atoms with E-state index in [2.05, 4.69) is 33.1 Å². The van der Waals surface area contributed by atoms with Crippen LogP contribution in [0.2, 0.25) is 0 Å².